The van der Waals surface area contributed by atoms with Crippen LogP contribution in [0.5, 0.6) is 0 Å². The number of hydrogen-bond acceptors (Lipinski definition) is 2. The fourth-order valence-electron chi connectivity index (χ4n) is 3.28. The van der Waals surface area contributed by atoms with Crippen molar-refractivity contribution in [2.75, 3.05) is 6.54 Å². The number of carbonyl (C=O) groups is 1. The molecule has 3 nitrogen and oxygen atoms in total. The number of benzene rings is 1. The van der Waals surface area contributed by atoms with Gasteiger partial charge in [0, 0.05) is 6.04 Å². The zero-order valence-electron chi connectivity index (χ0n) is 12.6. The third-order valence-electron chi connectivity index (χ3n) is 4.59. The van der Waals surface area contributed by atoms with Crippen molar-refractivity contribution in [3.05, 3.63) is 34.9 Å². The standard InChI is InChI=1S/C17H24N2O/c1-11-4-5-12(2)15(8-11)17-18-10-16(20)19(17)13(3)9-14-6-7-14/h4-5,8,13-14,17-18H,6-7,9-10H2,1-3H3. The molecule has 0 aromatic heterocycles. The number of amides is 1. The van der Waals surface area contributed by atoms with Gasteiger partial charge < -0.3 is 4.90 Å². The van der Waals surface area contributed by atoms with Crippen LogP contribution in [0.4, 0.5) is 0 Å². The van der Waals surface area contributed by atoms with Crippen LogP contribution in [0.2, 0.25) is 0 Å². The van der Waals surface area contributed by atoms with Gasteiger partial charge in [-0.25, -0.2) is 0 Å². The Morgan fingerprint density at radius 1 is 1.35 bits per heavy atom. The summed E-state index contributed by atoms with van der Waals surface area (Å²) in [5.41, 5.74) is 3.76. The molecule has 20 heavy (non-hydrogen) atoms. The Kier molecular flexibility index (Phi) is 3.55. The first-order chi connectivity index (χ1) is 9.56. The van der Waals surface area contributed by atoms with Crippen molar-refractivity contribution in [3.63, 3.8) is 0 Å². The van der Waals surface area contributed by atoms with Gasteiger partial charge in [0.05, 0.1) is 6.54 Å². The number of rotatable bonds is 4. The van der Waals surface area contributed by atoms with E-state index in [9.17, 15) is 4.79 Å². The third-order valence-corrected chi connectivity index (χ3v) is 4.59. The van der Waals surface area contributed by atoms with Gasteiger partial charge in [0.25, 0.3) is 0 Å². The minimum Gasteiger partial charge on any atom is -0.319 e. The van der Waals surface area contributed by atoms with Crippen LogP contribution in [0.25, 0.3) is 0 Å². The average Bonchev–Trinajstić information content (AvgIpc) is 3.13. The van der Waals surface area contributed by atoms with Gasteiger partial charge in [0.15, 0.2) is 0 Å². The summed E-state index contributed by atoms with van der Waals surface area (Å²) < 4.78 is 0. The summed E-state index contributed by atoms with van der Waals surface area (Å²) in [5, 5.41) is 3.39. The number of hydrogen-bond donors (Lipinski definition) is 1. The molecule has 1 aliphatic heterocycles. The molecule has 1 N–H and O–H groups in total. The highest BCUT2D eigenvalue weighted by Crippen LogP contribution is 2.37. The van der Waals surface area contributed by atoms with Crippen molar-refractivity contribution in [1.82, 2.24) is 10.2 Å². The summed E-state index contributed by atoms with van der Waals surface area (Å²) in [6.45, 7) is 6.90. The molecule has 3 heteroatoms. The Labute approximate surface area is 121 Å². The predicted octanol–water partition coefficient (Wildman–Crippen LogP) is 2.92. The first-order valence-electron chi connectivity index (χ1n) is 7.68. The lowest BCUT2D eigenvalue weighted by Crippen LogP contribution is -2.38. The Morgan fingerprint density at radius 2 is 2.10 bits per heavy atom. The van der Waals surface area contributed by atoms with E-state index in [0.29, 0.717) is 12.6 Å². The minimum absolute atomic E-state index is 0.0520. The first kappa shape index (κ1) is 13.6. The lowest BCUT2D eigenvalue weighted by atomic mass is 10.0. The highest BCUT2D eigenvalue weighted by molar-refractivity contribution is 5.81. The summed E-state index contributed by atoms with van der Waals surface area (Å²) in [7, 11) is 0. The molecule has 0 spiro atoms. The number of nitrogens with zero attached hydrogens (tertiary/aromatic N) is 1. The summed E-state index contributed by atoms with van der Waals surface area (Å²) >= 11 is 0. The van der Waals surface area contributed by atoms with Crippen molar-refractivity contribution in [1.29, 1.82) is 0 Å². The van der Waals surface area contributed by atoms with Crippen molar-refractivity contribution in [3.8, 4) is 0 Å². The smallest absolute Gasteiger partial charge is 0.238 e. The minimum atomic E-state index is 0.0520. The van der Waals surface area contributed by atoms with Crippen LogP contribution in [-0.2, 0) is 4.79 Å². The van der Waals surface area contributed by atoms with Crippen molar-refractivity contribution < 1.29 is 4.79 Å². The summed E-state index contributed by atoms with van der Waals surface area (Å²) in [4.78, 5) is 14.3. The van der Waals surface area contributed by atoms with Gasteiger partial charge in [-0.1, -0.05) is 36.6 Å². The topological polar surface area (TPSA) is 32.3 Å². The van der Waals surface area contributed by atoms with E-state index in [2.05, 4.69) is 49.2 Å². The second-order valence-corrected chi connectivity index (χ2v) is 6.47. The molecular weight excluding hydrogens is 248 g/mol. The second kappa shape index (κ2) is 5.21. The molecule has 1 amide bonds. The monoisotopic (exact) mass is 272 g/mol. The molecule has 1 aromatic carbocycles. The van der Waals surface area contributed by atoms with E-state index in [1.165, 1.54) is 29.5 Å². The maximum Gasteiger partial charge on any atom is 0.238 e. The van der Waals surface area contributed by atoms with Crippen molar-refractivity contribution >= 4 is 5.91 Å². The lowest BCUT2D eigenvalue weighted by molar-refractivity contribution is -0.130. The Balaban J connectivity index is 1.86. The van der Waals surface area contributed by atoms with Crippen molar-refractivity contribution in [2.24, 2.45) is 5.92 Å². The van der Waals surface area contributed by atoms with E-state index in [1.807, 2.05) is 0 Å². The van der Waals surface area contributed by atoms with E-state index in [4.69, 9.17) is 0 Å². The normalized spacial score (nSPS) is 24.2. The van der Waals surface area contributed by atoms with E-state index in [0.717, 1.165) is 12.3 Å². The molecule has 1 aliphatic carbocycles. The third kappa shape index (κ3) is 2.59. The van der Waals surface area contributed by atoms with Crippen LogP contribution in [0.3, 0.4) is 0 Å². The molecule has 2 atom stereocenters. The second-order valence-electron chi connectivity index (χ2n) is 6.47. The van der Waals surface area contributed by atoms with Crippen LogP contribution in [0.15, 0.2) is 18.2 Å². The van der Waals surface area contributed by atoms with Crippen LogP contribution in [0, 0.1) is 19.8 Å². The Morgan fingerprint density at radius 3 is 2.80 bits per heavy atom. The quantitative estimate of drug-likeness (QED) is 0.914. The van der Waals surface area contributed by atoms with Crippen LogP contribution in [0.1, 0.15) is 49.0 Å². The molecule has 2 fully saturated rings. The SMILES string of the molecule is Cc1ccc(C)c(C2NCC(=O)N2C(C)CC2CC2)c1. The predicted molar refractivity (Wildman–Crippen MR) is 80.3 cm³/mol. The highest BCUT2D eigenvalue weighted by Gasteiger charge is 2.37. The molecule has 2 aliphatic rings. The number of carbonyl (C=O) groups excluding carboxylic acids is 1. The fraction of sp³-hybridized carbons (Fsp3) is 0.588. The van der Waals surface area contributed by atoms with Gasteiger partial charge in [-0.3, -0.25) is 10.1 Å². The number of nitrogens with one attached hydrogen (secondary N) is 1. The average molecular weight is 272 g/mol. The zero-order valence-corrected chi connectivity index (χ0v) is 12.6. The maximum absolute atomic E-state index is 12.3. The van der Waals surface area contributed by atoms with Gasteiger partial charge in [0.2, 0.25) is 5.91 Å². The van der Waals surface area contributed by atoms with Crippen LogP contribution >= 0.6 is 0 Å². The summed E-state index contributed by atoms with van der Waals surface area (Å²) in [5.74, 6) is 1.08. The van der Waals surface area contributed by atoms with E-state index >= 15 is 0 Å². The molecule has 0 bridgehead atoms. The first-order valence-corrected chi connectivity index (χ1v) is 7.68. The Bertz CT molecular complexity index is 522. The van der Waals surface area contributed by atoms with E-state index in [1.54, 1.807) is 0 Å². The van der Waals surface area contributed by atoms with Gasteiger partial charge >= 0.3 is 0 Å². The largest absolute Gasteiger partial charge is 0.319 e. The van der Waals surface area contributed by atoms with Gasteiger partial charge in [-0.2, -0.15) is 0 Å². The molecular formula is C17H24N2O. The highest BCUT2D eigenvalue weighted by atomic mass is 16.2. The Hall–Kier alpha value is -1.35. The molecule has 3 rings (SSSR count). The van der Waals surface area contributed by atoms with Crippen LogP contribution in [-0.4, -0.2) is 23.4 Å². The molecule has 1 heterocycles. The molecule has 1 saturated carbocycles. The van der Waals surface area contributed by atoms with E-state index < -0.39 is 0 Å². The van der Waals surface area contributed by atoms with Crippen LogP contribution < -0.4 is 5.32 Å². The fourth-order valence-corrected chi connectivity index (χ4v) is 3.28. The molecule has 0 radical (unpaired) electrons. The zero-order chi connectivity index (χ0) is 14.3. The molecule has 1 saturated heterocycles. The van der Waals surface area contributed by atoms with Gasteiger partial charge in [-0.05, 0) is 44.2 Å². The van der Waals surface area contributed by atoms with Gasteiger partial charge in [-0.15, -0.1) is 0 Å². The molecule has 2 unspecified atom stereocenters. The summed E-state index contributed by atoms with van der Waals surface area (Å²) in [6.07, 6.45) is 3.88. The van der Waals surface area contributed by atoms with E-state index in [-0.39, 0.29) is 12.1 Å². The lowest BCUT2D eigenvalue weighted by Gasteiger charge is -2.31. The summed E-state index contributed by atoms with van der Waals surface area (Å²) in [6, 6.07) is 6.82. The number of aryl methyl sites for hydroxylation is 2. The molecule has 108 valence electrons. The van der Waals surface area contributed by atoms with Crippen molar-refractivity contribution in [2.45, 2.75) is 52.2 Å². The molecule has 1 aromatic rings. The van der Waals surface area contributed by atoms with Gasteiger partial charge in [0.1, 0.15) is 6.17 Å². The maximum atomic E-state index is 12.3.